The fraction of sp³-hybridized carbons (Fsp3) is 0.562. The number of benzene rings is 1. The molecule has 23 heavy (non-hydrogen) atoms. The van der Waals surface area contributed by atoms with Gasteiger partial charge in [0.15, 0.2) is 5.96 Å². The predicted molar refractivity (Wildman–Crippen MR) is 84.9 cm³/mol. The van der Waals surface area contributed by atoms with E-state index in [9.17, 15) is 13.2 Å². The number of alkyl halides is 3. The fourth-order valence-corrected chi connectivity index (χ4v) is 1.82. The number of hydrogen-bond acceptors (Lipinski definition) is 2. The van der Waals surface area contributed by atoms with Crippen LogP contribution in [0.15, 0.2) is 29.3 Å². The summed E-state index contributed by atoms with van der Waals surface area (Å²) < 4.78 is 40.7. The van der Waals surface area contributed by atoms with E-state index in [2.05, 4.69) is 28.9 Å². The third kappa shape index (κ3) is 9.78. The molecule has 0 amide bonds. The summed E-state index contributed by atoms with van der Waals surface area (Å²) >= 11 is 0. The molecule has 0 saturated heterocycles. The number of nitrogens with zero attached hydrogens (tertiary/aromatic N) is 1. The van der Waals surface area contributed by atoms with Crippen LogP contribution in [0, 0.1) is 5.92 Å². The third-order valence-electron chi connectivity index (χ3n) is 2.99. The Morgan fingerprint density at radius 3 is 2.65 bits per heavy atom. The van der Waals surface area contributed by atoms with E-state index in [1.165, 1.54) is 0 Å². The molecule has 0 fully saturated rings. The minimum atomic E-state index is -4.31. The summed E-state index contributed by atoms with van der Waals surface area (Å²) in [5.74, 6) is 0.952. The molecule has 3 N–H and O–H groups in total. The summed E-state index contributed by atoms with van der Waals surface area (Å²) in [6.07, 6.45) is -3.31. The van der Waals surface area contributed by atoms with Gasteiger partial charge in [0.25, 0.3) is 0 Å². The van der Waals surface area contributed by atoms with E-state index in [4.69, 9.17) is 5.73 Å². The molecule has 1 rings (SSSR count). The first-order valence-electron chi connectivity index (χ1n) is 7.52. The highest BCUT2D eigenvalue weighted by Crippen LogP contribution is 2.16. The van der Waals surface area contributed by atoms with Crippen LogP contribution in [0.5, 0.6) is 0 Å². The van der Waals surface area contributed by atoms with Crippen LogP contribution < -0.4 is 11.1 Å². The first-order valence-corrected chi connectivity index (χ1v) is 7.52. The molecule has 0 spiro atoms. The smallest absolute Gasteiger partial charge is 0.370 e. The molecule has 0 radical (unpaired) electrons. The molecule has 1 aromatic carbocycles. The highest BCUT2D eigenvalue weighted by Gasteiger charge is 2.27. The van der Waals surface area contributed by atoms with Crippen LogP contribution in [0.2, 0.25) is 0 Å². The molecule has 0 aliphatic rings. The maximum absolute atomic E-state index is 12.0. The number of ether oxygens (including phenoxy) is 1. The molecular weight excluding hydrogens is 307 g/mol. The van der Waals surface area contributed by atoms with Crippen molar-refractivity contribution in [2.24, 2.45) is 16.6 Å². The topological polar surface area (TPSA) is 59.6 Å². The van der Waals surface area contributed by atoms with Gasteiger partial charge in [-0.1, -0.05) is 38.1 Å². The number of rotatable bonds is 8. The van der Waals surface area contributed by atoms with Crippen LogP contribution in [-0.2, 0) is 17.9 Å². The molecule has 0 saturated carbocycles. The second-order valence-corrected chi connectivity index (χ2v) is 5.74. The minimum absolute atomic E-state index is 0.0841. The van der Waals surface area contributed by atoms with Gasteiger partial charge >= 0.3 is 6.18 Å². The summed E-state index contributed by atoms with van der Waals surface area (Å²) in [5.41, 5.74) is 7.30. The van der Waals surface area contributed by atoms with Gasteiger partial charge in [-0.05, 0) is 23.5 Å². The van der Waals surface area contributed by atoms with Crippen molar-refractivity contribution in [1.29, 1.82) is 0 Å². The van der Waals surface area contributed by atoms with E-state index >= 15 is 0 Å². The Morgan fingerprint density at radius 2 is 2.00 bits per heavy atom. The Kier molecular flexibility index (Phi) is 7.88. The van der Waals surface area contributed by atoms with E-state index in [0.717, 1.165) is 18.5 Å². The monoisotopic (exact) mass is 331 g/mol. The summed E-state index contributed by atoms with van der Waals surface area (Å²) in [7, 11) is 0. The fourth-order valence-electron chi connectivity index (χ4n) is 1.82. The lowest BCUT2D eigenvalue weighted by molar-refractivity contribution is -0.176. The standard InChI is InChI=1S/C16H24F3N3O/c1-12(2)6-7-21-15(20)22-9-13-4-3-5-14(8-13)10-23-11-16(17,18)19/h3-5,8,12H,6-7,9-11H2,1-2H3,(H3,20,21,22). The van der Waals surface area contributed by atoms with Gasteiger partial charge in [-0.25, -0.2) is 4.99 Å². The van der Waals surface area contributed by atoms with Gasteiger partial charge in [0.2, 0.25) is 0 Å². The average Bonchev–Trinajstić information content (AvgIpc) is 2.44. The largest absolute Gasteiger partial charge is 0.411 e. The molecule has 7 heteroatoms. The zero-order valence-corrected chi connectivity index (χ0v) is 13.5. The molecule has 1 aromatic rings. The molecule has 0 bridgehead atoms. The van der Waals surface area contributed by atoms with Crippen LogP contribution >= 0.6 is 0 Å². The molecule has 0 atom stereocenters. The Morgan fingerprint density at radius 1 is 1.30 bits per heavy atom. The van der Waals surface area contributed by atoms with Gasteiger partial charge in [0.1, 0.15) is 6.61 Å². The normalized spacial score (nSPS) is 12.7. The lowest BCUT2D eigenvalue weighted by Crippen LogP contribution is -2.32. The number of nitrogens with one attached hydrogen (secondary N) is 1. The van der Waals surface area contributed by atoms with Gasteiger partial charge in [0.05, 0.1) is 13.2 Å². The maximum atomic E-state index is 12.0. The van der Waals surface area contributed by atoms with Crippen LogP contribution in [0.1, 0.15) is 31.4 Å². The average molecular weight is 331 g/mol. The summed E-state index contributed by atoms with van der Waals surface area (Å²) in [5, 5.41) is 3.03. The molecule has 0 aliphatic carbocycles. The Bertz CT molecular complexity index is 502. The highest BCUT2D eigenvalue weighted by molar-refractivity contribution is 5.77. The van der Waals surface area contributed by atoms with Gasteiger partial charge in [-0.2, -0.15) is 13.2 Å². The number of aliphatic imine (C=N–C) groups is 1. The van der Waals surface area contributed by atoms with Crippen LogP contribution in [-0.4, -0.2) is 25.3 Å². The minimum Gasteiger partial charge on any atom is -0.370 e. The van der Waals surface area contributed by atoms with E-state index in [-0.39, 0.29) is 6.61 Å². The Hall–Kier alpha value is -1.76. The number of guanidine groups is 1. The van der Waals surface area contributed by atoms with E-state index < -0.39 is 12.8 Å². The number of nitrogens with two attached hydrogens (primary N) is 1. The quantitative estimate of drug-likeness (QED) is 0.568. The van der Waals surface area contributed by atoms with Crippen molar-refractivity contribution in [2.45, 2.75) is 39.6 Å². The summed E-state index contributed by atoms with van der Waals surface area (Å²) in [4.78, 5) is 4.21. The van der Waals surface area contributed by atoms with Gasteiger partial charge < -0.3 is 15.8 Å². The molecule has 0 aromatic heterocycles. The zero-order valence-electron chi connectivity index (χ0n) is 13.5. The van der Waals surface area contributed by atoms with Crippen molar-refractivity contribution in [2.75, 3.05) is 13.2 Å². The van der Waals surface area contributed by atoms with E-state index in [1.54, 1.807) is 18.2 Å². The van der Waals surface area contributed by atoms with Gasteiger partial charge in [-0.3, -0.25) is 0 Å². The lowest BCUT2D eigenvalue weighted by atomic mass is 10.1. The van der Waals surface area contributed by atoms with Crippen molar-refractivity contribution < 1.29 is 17.9 Å². The van der Waals surface area contributed by atoms with Crippen LogP contribution in [0.25, 0.3) is 0 Å². The summed E-state index contributed by atoms with van der Waals surface area (Å²) in [6.45, 7) is 4.05. The first-order chi connectivity index (χ1) is 10.8. The third-order valence-corrected chi connectivity index (χ3v) is 2.99. The van der Waals surface area contributed by atoms with Crippen molar-refractivity contribution in [3.63, 3.8) is 0 Å². The van der Waals surface area contributed by atoms with Gasteiger partial charge in [-0.15, -0.1) is 0 Å². The zero-order chi connectivity index (χ0) is 17.3. The predicted octanol–water partition coefficient (Wildman–Crippen LogP) is 3.22. The molecular formula is C16H24F3N3O. The Labute approximate surface area is 134 Å². The molecule has 130 valence electrons. The highest BCUT2D eigenvalue weighted by atomic mass is 19.4. The lowest BCUT2D eigenvalue weighted by Gasteiger charge is -2.09. The SMILES string of the molecule is CC(C)CCNC(N)=NCc1cccc(COCC(F)(F)F)c1. The second kappa shape index (κ2) is 9.39. The molecule has 0 unspecified atom stereocenters. The van der Waals surface area contributed by atoms with Gasteiger partial charge in [0, 0.05) is 6.54 Å². The number of hydrogen-bond donors (Lipinski definition) is 2. The summed E-state index contributed by atoms with van der Waals surface area (Å²) in [6, 6.07) is 7.09. The van der Waals surface area contributed by atoms with Crippen molar-refractivity contribution in [3.8, 4) is 0 Å². The second-order valence-electron chi connectivity index (χ2n) is 5.74. The van der Waals surface area contributed by atoms with Crippen molar-refractivity contribution in [3.05, 3.63) is 35.4 Å². The van der Waals surface area contributed by atoms with E-state index in [1.807, 2.05) is 6.07 Å². The first kappa shape index (κ1) is 19.3. The van der Waals surface area contributed by atoms with Crippen LogP contribution in [0.3, 0.4) is 0 Å². The molecule has 4 nitrogen and oxygen atoms in total. The number of halogens is 3. The van der Waals surface area contributed by atoms with Crippen molar-refractivity contribution in [1.82, 2.24) is 5.32 Å². The Balaban J connectivity index is 2.44. The van der Waals surface area contributed by atoms with E-state index in [0.29, 0.717) is 24.0 Å². The van der Waals surface area contributed by atoms with Crippen LogP contribution in [0.4, 0.5) is 13.2 Å². The molecule has 0 heterocycles. The van der Waals surface area contributed by atoms with Crippen molar-refractivity contribution >= 4 is 5.96 Å². The molecule has 0 aliphatic heterocycles. The maximum Gasteiger partial charge on any atom is 0.411 e.